The van der Waals surface area contributed by atoms with Gasteiger partial charge in [0, 0.05) is 25.4 Å². The standard InChI is InChI=1S/C31H47N3O6.CH4/c1-21(2)15-25(32-28(36)19-34-11-13-39-14-12-34)27(35)18-24(17-23-9-7-6-8-10-23)30(38)33-26(16-22(3)4)29(37)31(5)20-40-31;/h6-10,21-22,24-26H,11-20H2,1-5H3,(H,32,36)(H,33,38);1H4/t24-,25+,26+,31?;/m1./s1. The summed E-state index contributed by atoms with van der Waals surface area (Å²) in [5, 5.41) is 5.91. The van der Waals surface area contributed by atoms with Crippen molar-refractivity contribution in [3.63, 3.8) is 0 Å². The molecule has 0 spiro atoms. The highest BCUT2D eigenvalue weighted by Crippen LogP contribution is 2.30. The summed E-state index contributed by atoms with van der Waals surface area (Å²) >= 11 is 0. The zero-order valence-corrected chi connectivity index (χ0v) is 24.7. The Hall–Kier alpha value is -2.62. The van der Waals surface area contributed by atoms with Crippen LogP contribution in [0.15, 0.2) is 30.3 Å². The summed E-state index contributed by atoms with van der Waals surface area (Å²) in [6.07, 6.45) is 1.29. The number of Topliss-reactive ketones (excluding diaryl/α,β-unsaturated/α-hetero) is 2. The van der Waals surface area contributed by atoms with E-state index >= 15 is 0 Å². The van der Waals surface area contributed by atoms with Crippen molar-refractivity contribution < 1.29 is 28.7 Å². The number of rotatable bonds is 16. The van der Waals surface area contributed by atoms with Gasteiger partial charge in [-0.1, -0.05) is 65.5 Å². The minimum atomic E-state index is -0.856. The van der Waals surface area contributed by atoms with E-state index in [0.29, 0.717) is 52.2 Å². The first-order valence-corrected chi connectivity index (χ1v) is 14.6. The Labute approximate surface area is 246 Å². The highest BCUT2D eigenvalue weighted by molar-refractivity contribution is 5.98. The third-order valence-corrected chi connectivity index (χ3v) is 7.48. The molecule has 2 N–H and O–H groups in total. The normalized spacial score (nSPS) is 21.0. The Bertz CT molecular complexity index is 1000. The molecule has 1 aromatic carbocycles. The number of morpholine rings is 1. The van der Waals surface area contributed by atoms with Crippen molar-refractivity contribution in [2.45, 2.75) is 85.4 Å². The molecule has 4 atom stereocenters. The van der Waals surface area contributed by atoms with Crippen LogP contribution in [0.25, 0.3) is 0 Å². The van der Waals surface area contributed by atoms with Crippen LogP contribution < -0.4 is 10.6 Å². The topological polar surface area (TPSA) is 117 Å². The van der Waals surface area contributed by atoms with Gasteiger partial charge in [-0.15, -0.1) is 0 Å². The predicted molar refractivity (Wildman–Crippen MR) is 159 cm³/mol. The second kappa shape index (κ2) is 16.1. The van der Waals surface area contributed by atoms with Crippen molar-refractivity contribution in [3.8, 4) is 0 Å². The van der Waals surface area contributed by atoms with E-state index in [1.165, 1.54) is 0 Å². The molecule has 230 valence electrons. The number of carbonyl (C=O) groups excluding carboxylic acids is 4. The van der Waals surface area contributed by atoms with Gasteiger partial charge < -0.3 is 20.1 Å². The number of ketones is 2. The quantitative estimate of drug-likeness (QED) is 0.292. The van der Waals surface area contributed by atoms with Crippen molar-refractivity contribution in [2.24, 2.45) is 17.8 Å². The minimum absolute atomic E-state index is 0. The molecular weight excluding hydrogens is 522 g/mol. The maximum Gasteiger partial charge on any atom is 0.234 e. The molecule has 41 heavy (non-hydrogen) atoms. The lowest BCUT2D eigenvalue weighted by molar-refractivity contribution is -0.135. The fourth-order valence-corrected chi connectivity index (χ4v) is 5.10. The number of benzene rings is 1. The Morgan fingerprint density at radius 3 is 2.07 bits per heavy atom. The van der Waals surface area contributed by atoms with Crippen LogP contribution in [0.2, 0.25) is 0 Å². The molecule has 2 saturated heterocycles. The van der Waals surface area contributed by atoms with E-state index in [9.17, 15) is 19.2 Å². The van der Waals surface area contributed by atoms with E-state index in [1.807, 2.05) is 62.9 Å². The van der Waals surface area contributed by atoms with Crippen LogP contribution in [-0.4, -0.2) is 85.4 Å². The van der Waals surface area contributed by atoms with Gasteiger partial charge in [0.15, 0.2) is 11.6 Å². The summed E-state index contributed by atoms with van der Waals surface area (Å²) in [6.45, 7) is 12.8. The largest absolute Gasteiger partial charge is 0.379 e. The number of nitrogens with one attached hydrogen (secondary N) is 2. The average Bonchev–Trinajstić information content (AvgIpc) is 3.66. The van der Waals surface area contributed by atoms with Crippen LogP contribution in [0.1, 0.15) is 66.9 Å². The van der Waals surface area contributed by atoms with E-state index in [0.717, 1.165) is 5.56 Å². The Kier molecular flexibility index (Phi) is 13.6. The van der Waals surface area contributed by atoms with Gasteiger partial charge in [-0.3, -0.25) is 24.1 Å². The molecule has 3 rings (SSSR count). The van der Waals surface area contributed by atoms with Gasteiger partial charge in [0.1, 0.15) is 5.60 Å². The maximum atomic E-state index is 13.7. The number of amides is 2. The maximum absolute atomic E-state index is 13.7. The number of hydrogen-bond donors (Lipinski definition) is 2. The van der Waals surface area contributed by atoms with Gasteiger partial charge in [0.2, 0.25) is 11.8 Å². The van der Waals surface area contributed by atoms with Gasteiger partial charge in [-0.05, 0) is 43.6 Å². The molecule has 2 aliphatic heterocycles. The van der Waals surface area contributed by atoms with E-state index < -0.39 is 23.6 Å². The van der Waals surface area contributed by atoms with Gasteiger partial charge in [0.05, 0.1) is 38.4 Å². The number of epoxide rings is 1. The Morgan fingerprint density at radius 1 is 0.927 bits per heavy atom. The molecule has 1 unspecified atom stereocenters. The highest BCUT2D eigenvalue weighted by atomic mass is 16.6. The van der Waals surface area contributed by atoms with Crippen molar-refractivity contribution in [1.82, 2.24) is 15.5 Å². The van der Waals surface area contributed by atoms with Crippen molar-refractivity contribution in [1.29, 1.82) is 0 Å². The third-order valence-electron chi connectivity index (χ3n) is 7.48. The first-order chi connectivity index (χ1) is 19.0. The summed E-state index contributed by atoms with van der Waals surface area (Å²) in [6, 6.07) is 8.18. The minimum Gasteiger partial charge on any atom is -0.379 e. The van der Waals surface area contributed by atoms with Gasteiger partial charge in [-0.25, -0.2) is 0 Å². The number of ether oxygens (including phenoxy) is 2. The van der Waals surface area contributed by atoms with Crippen LogP contribution in [0.3, 0.4) is 0 Å². The molecule has 9 heteroatoms. The van der Waals surface area contributed by atoms with Gasteiger partial charge >= 0.3 is 0 Å². The summed E-state index contributed by atoms with van der Waals surface area (Å²) in [5.74, 6) is -1.17. The predicted octanol–water partition coefficient (Wildman–Crippen LogP) is 3.19. The SMILES string of the molecule is C.CC(C)C[C@H](NC(=O)CN1CCOCC1)C(=O)C[C@@H](Cc1ccccc1)C(=O)N[C@@H](CC(C)C)C(=O)C1(C)CO1. The van der Waals surface area contributed by atoms with Crippen LogP contribution in [-0.2, 0) is 35.1 Å². The van der Waals surface area contributed by atoms with Crippen molar-refractivity contribution >= 4 is 23.4 Å². The second-order valence-corrected chi connectivity index (χ2v) is 12.3. The van der Waals surface area contributed by atoms with E-state index in [4.69, 9.17) is 9.47 Å². The first kappa shape index (κ1) is 34.6. The second-order valence-electron chi connectivity index (χ2n) is 12.3. The van der Waals surface area contributed by atoms with E-state index in [-0.39, 0.29) is 55.6 Å². The zero-order chi connectivity index (χ0) is 29.3. The van der Waals surface area contributed by atoms with Crippen molar-refractivity contribution in [3.05, 3.63) is 35.9 Å². The Balaban J connectivity index is 0.00000588. The molecule has 0 radical (unpaired) electrons. The van der Waals surface area contributed by atoms with Crippen LogP contribution in [0.5, 0.6) is 0 Å². The molecule has 9 nitrogen and oxygen atoms in total. The van der Waals surface area contributed by atoms with Gasteiger partial charge in [-0.2, -0.15) is 0 Å². The fourth-order valence-electron chi connectivity index (χ4n) is 5.10. The molecular formula is C32H51N3O6. The number of nitrogens with zero attached hydrogens (tertiary/aromatic N) is 1. The monoisotopic (exact) mass is 573 g/mol. The fraction of sp³-hybridized carbons (Fsp3) is 0.688. The number of hydrogen-bond acceptors (Lipinski definition) is 7. The molecule has 0 aromatic heterocycles. The van der Waals surface area contributed by atoms with E-state index in [2.05, 4.69) is 10.6 Å². The lowest BCUT2D eigenvalue weighted by Gasteiger charge is -2.28. The summed E-state index contributed by atoms with van der Waals surface area (Å²) in [4.78, 5) is 55.4. The van der Waals surface area contributed by atoms with Crippen LogP contribution in [0.4, 0.5) is 0 Å². The third kappa shape index (κ3) is 11.3. The first-order valence-electron chi connectivity index (χ1n) is 14.6. The summed E-state index contributed by atoms with van der Waals surface area (Å²) in [7, 11) is 0. The lowest BCUT2D eigenvalue weighted by atomic mass is 9.88. The number of carbonyl (C=O) groups is 4. The van der Waals surface area contributed by atoms with Crippen LogP contribution in [0, 0.1) is 17.8 Å². The molecule has 0 aliphatic carbocycles. The smallest absolute Gasteiger partial charge is 0.234 e. The summed E-state index contributed by atoms with van der Waals surface area (Å²) in [5.41, 5.74) is 0.0708. The average molecular weight is 574 g/mol. The molecule has 0 bridgehead atoms. The van der Waals surface area contributed by atoms with Gasteiger partial charge in [0.25, 0.3) is 0 Å². The highest BCUT2D eigenvalue weighted by Gasteiger charge is 2.50. The van der Waals surface area contributed by atoms with Crippen LogP contribution >= 0.6 is 0 Å². The van der Waals surface area contributed by atoms with Crippen molar-refractivity contribution in [2.75, 3.05) is 39.5 Å². The Morgan fingerprint density at radius 2 is 1.51 bits per heavy atom. The summed E-state index contributed by atoms with van der Waals surface area (Å²) < 4.78 is 10.7. The molecule has 2 aliphatic rings. The van der Waals surface area contributed by atoms with E-state index in [1.54, 1.807) is 6.92 Å². The molecule has 1 aromatic rings. The lowest BCUT2D eigenvalue weighted by Crippen LogP contribution is -2.50. The molecule has 2 amide bonds. The molecule has 2 heterocycles. The zero-order valence-electron chi connectivity index (χ0n) is 24.7. The molecule has 0 saturated carbocycles. The molecule has 2 fully saturated rings.